The highest BCUT2D eigenvalue weighted by Crippen LogP contribution is 2.33. The highest BCUT2D eigenvalue weighted by Gasteiger charge is 2.40. The molecular weight excluding hydrogens is 828 g/mol. The minimum Gasteiger partial charge on any atom is -0.354 e. The summed E-state index contributed by atoms with van der Waals surface area (Å²) in [6.45, 7) is 14.0. The summed E-state index contributed by atoms with van der Waals surface area (Å²) >= 11 is 0. The molecule has 7 heterocycles. The molecule has 5 aromatic rings. The van der Waals surface area contributed by atoms with Crippen molar-refractivity contribution in [2.24, 2.45) is 0 Å². The largest absolute Gasteiger partial charge is 0.354 e. The molecule has 0 radical (unpaired) electrons. The van der Waals surface area contributed by atoms with Gasteiger partial charge in [0, 0.05) is 104 Å². The van der Waals surface area contributed by atoms with Gasteiger partial charge in [-0.15, -0.1) is 0 Å². The number of piperidine rings is 2. The number of anilines is 1. The van der Waals surface area contributed by atoms with Crippen LogP contribution >= 0.6 is 0 Å². The molecule has 9 rings (SSSR count). The molecule has 1 unspecified atom stereocenters. The Hall–Kier alpha value is -6.26. The van der Waals surface area contributed by atoms with Crippen LogP contribution in [-0.2, 0) is 35.6 Å². The molecule has 2 aromatic carbocycles. The number of carbonyl (C=O) groups excluding carboxylic acids is 4. The van der Waals surface area contributed by atoms with Crippen molar-refractivity contribution < 1.29 is 23.6 Å². The third-order valence-corrected chi connectivity index (χ3v) is 13.6. The Balaban J connectivity index is 0.805. The maximum Gasteiger partial charge on any atom is 0.255 e. The molecule has 0 spiro atoms. The van der Waals surface area contributed by atoms with Crippen molar-refractivity contribution in [3.8, 4) is 11.1 Å². The number of H-pyrrole nitrogens is 1. The molecule has 4 aliphatic heterocycles. The Kier molecular flexibility index (Phi) is 12.4. The Bertz CT molecular complexity index is 2710. The molecule has 1 atom stereocenters. The number of halogens is 1. The fourth-order valence-corrected chi connectivity index (χ4v) is 10.2. The minimum absolute atomic E-state index is 0.0742. The van der Waals surface area contributed by atoms with Gasteiger partial charge in [0.1, 0.15) is 17.7 Å². The van der Waals surface area contributed by atoms with Gasteiger partial charge in [-0.3, -0.25) is 43.8 Å². The minimum atomic E-state index is -0.729. The zero-order valence-corrected chi connectivity index (χ0v) is 37.6. The van der Waals surface area contributed by atoms with E-state index in [4.69, 9.17) is 4.98 Å². The number of rotatable bonds is 12. The molecule has 0 saturated carbocycles. The topological polar surface area (TPSA) is 169 Å². The maximum absolute atomic E-state index is 15.4. The van der Waals surface area contributed by atoms with Crippen molar-refractivity contribution in [1.82, 2.24) is 45.1 Å². The number of benzene rings is 2. The lowest BCUT2D eigenvalue weighted by atomic mass is 10.00. The maximum atomic E-state index is 15.4. The van der Waals surface area contributed by atoms with Crippen molar-refractivity contribution in [2.75, 3.05) is 44.2 Å². The van der Waals surface area contributed by atoms with Crippen LogP contribution in [0.15, 0.2) is 59.7 Å². The molecule has 4 amide bonds. The molecule has 0 aliphatic carbocycles. The highest BCUT2D eigenvalue weighted by molar-refractivity contribution is 6.08. The SMILES string of the molecule is CCCc1cc(C)[nH]c(=O)c1CNC(=O)c1cc(-c2ccc(N3CCN(C4CCN(Cc5cc6c(cc5F)C(=O)N(C5CCC(=O)NC5=O)C6)CC4)CC3)nc2)cc2c1cnn2C(C)C. The molecule has 4 aliphatic rings. The van der Waals surface area contributed by atoms with E-state index in [1.54, 1.807) is 12.3 Å². The van der Waals surface area contributed by atoms with E-state index in [9.17, 15) is 24.0 Å². The normalized spacial score (nSPS) is 18.8. The first kappa shape index (κ1) is 44.0. The van der Waals surface area contributed by atoms with E-state index in [1.165, 1.54) is 11.0 Å². The van der Waals surface area contributed by atoms with Crippen LogP contribution in [0.25, 0.3) is 22.0 Å². The molecule has 3 saturated heterocycles. The summed E-state index contributed by atoms with van der Waals surface area (Å²) in [6.07, 6.45) is 7.65. The molecular formula is C49H57FN10O5. The number of aryl methyl sites for hydroxylation is 2. The number of nitrogens with one attached hydrogen (secondary N) is 3. The van der Waals surface area contributed by atoms with Gasteiger partial charge in [-0.05, 0) is 119 Å². The molecule has 3 aromatic heterocycles. The molecule has 340 valence electrons. The number of piperazine rings is 1. The third kappa shape index (κ3) is 8.93. The summed E-state index contributed by atoms with van der Waals surface area (Å²) in [5.74, 6) is -0.970. The van der Waals surface area contributed by atoms with Crippen molar-refractivity contribution in [3.05, 3.63) is 110 Å². The third-order valence-electron chi connectivity index (χ3n) is 13.6. The van der Waals surface area contributed by atoms with Crippen LogP contribution in [0.4, 0.5) is 10.2 Å². The zero-order chi connectivity index (χ0) is 45.5. The van der Waals surface area contributed by atoms with Crippen LogP contribution in [0.3, 0.4) is 0 Å². The first-order chi connectivity index (χ1) is 31.3. The van der Waals surface area contributed by atoms with Gasteiger partial charge in [-0.2, -0.15) is 5.10 Å². The van der Waals surface area contributed by atoms with E-state index in [1.807, 2.05) is 36.0 Å². The van der Waals surface area contributed by atoms with Crippen molar-refractivity contribution in [1.29, 1.82) is 0 Å². The predicted molar refractivity (Wildman–Crippen MR) is 245 cm³/mol. The second-order valence-corrected chi connectivity index (χ2v) is 18.3. The summed E-state index contributed by atoms with van der Waals surface area (Å²) in [5.41, 5.74) is 6.78. The average molecular weight is 885 g/mol. The van der Waals surface area contributed by atoms with Gasteiger partial charge in [-0.25, -0.2) is 9.37 Å². The Morgan fingerprint density at radius 2 is 1.71 bits per heavy atom. The van der Waals surface area contributed by atoms with Gasteiger partial charge in [0.25, 0.3) is 17.4 Å². The van der Waals surface area contributed by atoms with Gasteiger partial charge in [-0.1, -0.05) is 13.3 Å². The lowest BCUT2D eigenvalue weighted by Crippen LogP contribution is -2.53. The molecule has 3 N–H and O–H groups in total. The van der Waals surface area contributed by atoms with Gasteiger partial charge >= 0.3 is 0 Å². The summed E-state index contributed by atoms with van der Waals surface area (Å²) in [5, 5.41) is 10.7. The number of hydrogen-bond acceptors (Lipinski definition) is 10. The number of pyridine rings is 2. The van der Waals surface area contributed by atoms with Gasteiger partial charge in [0.15, 0.2) is 0 Å². The molecule has 65 heavy (non-hydrogen) atoms. The van der Waals surface area contributed by atoms with E-state index in [0.717, 1.165) is 104 Å². The van der Waals surface area contributed by atoms with E-state index in [2.05, 4.69) is 68.3 Å². The van der Waals surface area contributed by atoms with Crippen LogP contribution in [0.5, 0.6) is 0 Å². The summed E-state index contributed by atoms with van der Waals surface area (Å²) < 4.78 is 17.3. The number of hydrogen-bond donors (Lipinski definition) is 3. The Morgan fingerprint density at radius 1 is 0.923 bits per heavy atom. The lowest BCUT2D eigenvalue weighted by Gasteiger charge is -2.43. The van der Waals surface area contributed by atoms with Crippen molar-refractivity contribution in [2.45, 2.75) is 104 Å². The smallest absolute Gasteiger partial charge is 0.255 e. The summed E-state index contributed by atoms with van der Waals surface area (Å²) in [7, 11) is 0. The number of fused-ring (bicyclic) bond motifs is 2. The standard InChI is InChI=1S/C49H57FN10O5/c1-5-6-31-19-30(4)54-47(63)39(31)25-52-46(62)38-21-33(22-43-40(38)26-53-60(43)29(2)3)32-7-9-44(51-24-32)58-17-15-57(16-18-58)36-11-13-56(14-12-36)27-35-20-34-28-59(49(65)37(34)23-41(35)50)42-8-10-45(61)55-48(42)64/h7,9,19-24,26,29,36,42H,5-6,8,10-18,25,27-28H2,1-4H3,(H,52,62)(H,54,63)(H,55,61,64). The monoisotopic (exact) mass is 884 g/mol. The van der Waals surface area contributed by atoms with Crippen LogP contribution in [0.1, 0.15) is 108 Å². The van der Waals surface area contributed by atoms with E-state index in [0.29, 0.717) is 40.4 Å². The quantitative estimate of drug-likeness (QED) is 0.141. The number of amides is 4. The van der Waals surface area contributed by atoms with Gasteiger partial charge < -0.3 is 20.1 Å². The first-order valence-electron chi connectivity index (χ1n) is 23.0. The number of aromatic nitrogens is 4. The molecule has 16 heteroatoms. The number of nitrogens with zero attached hydrogens (tertiary/aromatic N) is 7. The molecule has 15 nitrogen and oxygen atoms in total. The summed E-state index contributed by atoms with van der Waals surface area (Å²) in [6, 6.07) is 12.9. The van der Waals surface area contributed by atoms with Crippen LogP contribution in [0.2, 0.25) is 0 Å². The van der Waals surface area contributed by atoms with E-state index >= 15 is 4.39 Å². The van der Waals surface area contributed by atoms with Crippen LogP contribution in [0, 0.1) is 12.7 Å². The van der Waals surface area contributed by atoms with Gasteiger partial charge in [0.2, 0.25) is 11.8 Å². The predicted octanol–water partition coefficient (Wildman–Crippen LogP) is 5.25. The Morgan fingerprint density at radius 3 is 2.42 bits per heavy atom. The summed E-state index contributed by atoms with van der Waals surface area (Å²) in [4.78, 5) is 80.5. The van der Waals surface area contributed by atoms with Crippen LogP contribution in [-0.4, -0.2) is 109 Å². The van der Waals surface area contributed by atoms with E-state index in [-0.39, 0.29) is 55.3 Å². The van der Waals surface area contributed by atoms with Crippen LogP contribution < -0.4 is 21.1 Å². The van der Waals surface area contributed by atoms with E-state index < -0.39 is 17.8 Å². The fraction of sp³-hybridized carbons (Fsp3) is 0.449. The zero-order valence-electron chi connectivity index (χ0n) is 37.6. The van der Waals surface area contributed by atoms with Gasteiger partial charge in [0.05, 0.1) is 17.3 Å². The average Bonchev–Trinajstić information content (AvgIpc) is 3.87. The second-order valence-electron chi connectivity index (χ2n) is 18.3. The Labute approximate surface area is 377 Å². The van der Waals surface area contributed by atoms with Crippen molar-refractivity contribution in [3.63, 3.8) is 0 Å². The number of likely N-dealkylation sites (tertiary alicyclic amines) is 1. The number of aromatic amines is 1. The molecule has 0 bridgehead atoms. The molecule has 3 fully saturated rings. The fourth-order valence-electron chi connectivity index (χ4n) is 10.2. The lowest BCUT2D eigenvalue weighted by molar-refractivity contribution is -0.136. The van der Waals surface area contributed by atoms with Crippen molar-refractivity contribution >= 4 is 40.3 Å². The number of carbonyl (C=O) groups is 4. The second kappa shape index (κ2) is 18.3. The highest BCUT2D eigenvalue weighted by atomic mass is 19.1. The number of imide groups is 1. The first-order valence-corrected chi connectivity index (χ1v) is 23.0.